The quantitative estimate of drug-likeness (QED) is 0.726. The van der Waals surface area contributed by atoms with Gasteiger partial charge in [-0.2, -0.15) is 0 Å². The van der Waals surface area contributed by atoms with Crippen molar-refractivity contribution in [1.29, 1.82) is 0 Å². The summed E-state index contributed by atoms with van der Waals surface area (Å²) < 4.78 is 25.2. The van der Waals surface area contributed by atoms with Gasteiger partial charge in [0.2, 0.25) is 10.0 Å². The van der Waals surface area contributed by atoms with Crippen LogP contribution in [0.15, 0.2) is 0 Å². The molecule has 1 N–H and O–H groups in total. The average molecular weight is 220 g/mol. The maximum Gasteiger partial charge on any atom is 0.215 e. The molecule has 0 bridgehead atoms. The van der Waals surface area contributed by atoms with Crippen molar-refractivity contribution in [3.8, 4) is 0 Å². The van der Waals surface area contributed by atoms with Crippen LogP contribution in [0.4, 0.5) is 0 Å². The molecule has 84 valence electrons. The van der Waals surface area contributed by atoms with E-state index in [0.717, 1.165) is 13.0 Å². The second-order valence-electron chi connectivity index (χ2n) is 4.17. The maximum atomic E-state index is 11.8. The number of hydrogen-bond acceptors (Lipinski definition) is 3. The van der Waals surface area contributed by atoms with Gasteiger partial charge in [-0.1, -0.05) is 13.8 Å². The highest BCUT2D eigenvalue weighted by Gasteiger charge is 2.23. The molecular formula is C9H20N2O2S. The molecule has 0 spiro atoms. The molecule has 0 atom stereocenters. The first-order chi connectivity index (χ1) is 6.52. The third-order valence-corrected chi connectivity index (χ3v) is 4.10. The molecule has 1 aliphatic rings. The summed E-state index contributed by atoms with van der Waals surface area (Å²) in [6, 6.07) is 0. The Morgan fingerprint density at radius 2 is 2.07 bits per heavy atom. The Bertz CT molecular complexity index is 262. The van der Waals surface area contributed by atoms with Crippen LogP contribution in [0.3, 0.4) is 0 Å². The van der Waals surface area contributed by atoms with Crippen LogP contribution < -0.4 is 5.32 Å². The lowest BCUT2D eigenvalue weighted by Gasteiger charge is -2.26. The third-order valence-electron chi connectivity index (χ3n) is 2.26. The summed E-state index contributed by atoms with van der Waals surface area (Å²) in [4.78, 5) is 0. The van der Waals surface area contributed by atoms with Gasteiger partial charge in [0.15, 0.2) is 0 Å². The summed E-state index contributed by atoms with van der Waals surface area (Å²) in [5.41, 5.74) is 0. The van der Waals surface area contributed by atoms with Crippen LogP contribution in [0, 0.1) is 5.92 Å². The van der Waals surface area contributed by atoms with Gasteiger partial charge in [-0.05, 0) is 18.9 Å². The largest absolute Gasteiger partial charge is 0.316 e. The van der Waals surface area contributed by atoms with Gasteiger partial charge >= 0.3 is 0 Å². The molecule has 0 saturated carbocycles. The Morgan fingerprint density at radius 1 is 1.36 bits per heavy atom. The highest BCUT2D eigenvalue weighted by molar-refractivity contribution is 7.89. The van der Waals surface area contributed by atoms with E-state index in [1.807, 2.05) is 13.8 Å². The molecule has 0 aromatic carbocycles. The first kappa shape index (κ1) is 11.9. The van der Waals surface area contributed by atoms with Crippen LogP contribution in [0.2, 0.25) is 0 Å². The molecule has 1 aliphatic heterocycles. The highest BCUT2D eigenvalue weighted by atomic mass is 32.2. The number of hydrogen-bond donors (Lipinski definition) is 1. The van der Waals surface area contributed by atoms with Gasteiger partial charge in [-0.25, -0.2) is 12.7 Å². The zero-order chi connectivity index (χ0) is 10.6. The van der Waals surface area contributed by atoms with Crippen LogP contribution in [0.1, 0.15) is 20.3 Å². The van der Waals surface area contributed by atoms with Gasteiger partial charge in [-0.15, -0.1) is 0 Å². The van der Waals surface area contributed by atoms with E-state index in [1.54, 1.807) is 4.31 Å². The summed E-state index contributed by atoms with van der Waals surface area (Å²) in [7, 11) is -3.01. The summed E-state index contributed by atoms with van der Waals surface area (Å²) in [5, 5.41) is 3.11. The second kappa shape index (κ2) is 5.09. The SMILES string of the molecule is CC(C)CN1CCCNCCS1(=O)=O. The van der Waals surface area contributed by atoms with E-state index in [4.69, 9.17) is 0 Å². The fourth-order valence-electron chi connectivity index (χ4n) is 1.59. The van der Waals surface area contributed by atoms with E-state index in [2.05, 4.69) is 5.32 Å². The Kier molecular flexibility index (Phi) is 4.34. The van der Waals surface area contributed by atoms with E-state index in [1.165, 1.54) is 0 Å². The standard InChI is InChI=1S/C9H20N2O2S/c1-9(2)8-11-6-3-4-10-5-7-14(11,12)13/h9-10H,3-8H2,1-2H3. The minimum Gasteiger partial charge on any atom is -0.316 e. The molecule has 4 nitrogen and oxygen atoms in total. The average Bonchev–Trinajstić information content (AvgIpc) is 2.05. The molecule has 0 aliphatic carbocycles. The molecule has 1 heterocycles. The monoisotopic (exact) mass is 220 g/mol. The van der Waals surface area contributed by atoms with Crippen molar-refractivity contribution < 1.29 is 8.42 Å². The van der Waals surface area contributed by atoms with Crippen LogP contribution in [-0.4, -0.2) is 44.7 Å². The van der Waals surface area contributed by atoms with Crippen LogP contribution in [-0.2, 0) is 10.0 Å². The summed E-state index contributed by atoms with van der Waals surface area (Å²) in [5.74, 6) is 0.636. The molecule has 0 radical (unpaired) electrons. The minimum atomic E-state index is -3.01. The smallest absolute Gasteiger partial charge is 0.215 e. The fourth-order valence-corrected chi connectivity index (χ4v) is 3.18. The lowest BCUT2D eigenvalue weighted by molar-refractivity contribution is 0.354. The van der Waals surface area contributed by atoms with Gasteiger partial charge < -0.3 is 5.32 Å². The lowest BCUT2D eigenvalue weighted by atomic mass is 10.2. The van der Waals surface area contributed by atoms with Crippen molar-refractivity contribution in [1.82, 2.24) is 9.62 Å². The van der Waals surface area contributed by atoms with Gasteiger partial charge in [0.1, 0.15) is 0 Å². The lowest BCUT2D eigenvalue weighted by Crippen LogP contribution is -2.42. The van der Waals surface area contributed by atoms with E-state index >= 15 is 0 Å². The molecule has 1 fully saturated rings. The maximum absolute atomic E-state index is 11.8. The molecule has 1 rings (SSSR count). The number of nitrogens with zero attached hydrogens (tertiary/aromatic N) is 1. The van der Waals surface area contributed by atoms with Gasteiger partial charge in [0.25, 0.3) is 0 Å². The molecule has 14 heavy (non-hydrogen) atoms. The van der Waals surface area contributed by atoms with E-state index in [9.17, 15) is 8.42 Å². The molecule has 5 heteroatoms. The van der Waals surface area contributed by atoms with Crippen molar-refractivity contribution in [3.63, 3.8) is 0 Å². The minimum absolute atomic E-state index is 0.236. The molecule has 0 amide bonds. The zero-order valence-corrected chi connectivity index (χ0v) is 9.81. The fraction of sp³-hybridized carbons (Fsp3) is 1.00. The normalized spacial score (nSPS) is 24.5. The Labute approximate surface area is 86.7 Å². The van der Waals surface area contributed by atoms with Crippen molar-refractivity contribution in [2.75, 3.05) is 31.9 Å². The number of nitrogens with one attached hydrogen (secondary N) is 1. The van der Waals surface area contributed by atoms with Crippen LogP contribution in [0.5, 0.6) is 0 Å². The third kappa shape index (κ3) is 3.55. The van der Waals surface area contributed by atoms with Crippen LogP contribution >= 0.6 is 0 Å². The van der Waals surface area contributed by atoms with Crippen LogP contribution in [0.25, 0.3) is 0 Å². The Hall–Kier alpha value is -0.130. The molecule has 0 aromatic heterocycles. The van der Waals surface area contributed by atoms with Crippen molar-refractivity contribution in [2.24, 2.45) is 5.92 Å². The molecule has 0 unspecified atom stereocenters. The van der Waals surface area contributed by atoms with E-state index < -0.39 is 10.0 Å². The van der Waals surface area contributed by atoms with Gasteiger partial charge in [-0.3, -0.25) is 0 Å². The van der Waals surface area contributed by atoms with Crippen molar-refractivity contribution >= 4 is 10.0 Å². The zero-order valence-electron chi connectivity index (χ0n) is 8.99. The Balaban J connectivity index is 2.65. The summed E-state index contributed by atoms with van der Waals surface area (Å²) in [6.45, 7) is 6.91. The molecular weight excluding hydrogens is 200 g/mol. The highest BCUT2D eigenvalue weighted by Crippen LogP contribution is 2.08. The van der Waals surface area contributed by atoms with E-state index in [-0.39, 0.29) is 5.75 Å². The number of rotatable bonds is 2. The Morgan fingerprint density at radius 3 is 2.71 bits per heavy atom. The van der Waals surface area contributed by atoms with Crippen molar-refractivity contribution in [3.05, 3.63) is 0 Å². The topological polar surface area (TPSA) is 49.4 Å². The molecule has 1 saturated heterocycles. The van der Waals surface area contributed by atoms with Gasteiger partial charge in [0.05, 0.1) is 5.75 Å². The summed E-state index contributed by atoms with van der Waals surface area (Å²) in [6.07, 6.45) is 0.909. The summed E-state index contributed by atoms with van der Waals surface area (Å²) >= 11 is 0. The predicted molar refractivity (Wildman–Crippen MR) is 57.7 cm³/mol. The molecule has 0 aromatic rings. The first-order valence-electron chi connectivity index (χ1n) is 5.21. The van der Waals surface area contributed by atoms with E-state index in [0.29, 0.717) is 25.6 Å². The predicted octanol–water partition coefficient (Wildman–Crippen LogP) is 0.268. The van der Waals surface area contributed by atoms with Gasteiger partial charge in [0, 0.05) is 19.6 Å². The first-order valence-corrected chi connectivity index (χ1v) is 6.82. The van der Waals surface area contributed by atoms with Crippen molar-refractivity contribution in [2.45, 2.75) is 20.3 Å². The second-order valence-corrected chi connectivity index (χ2v) is 6.26. The number of sulfonamides is 1.